The van der Waals surface area contributed by atoms with Crippen molar-refractivity contribution in [1.29, 1.82) is 0 Å². The highest BCUT2D eigenvalue weighted by atomic mass is 35.5. The standard InChI is InChI=1S/C25H19ClN2O3/c1-31-22-14-7-18(8-15-22)9-16-24(29)28-23(19-10-12-20(26)13-11-19)17-27(25(28)30)21-5-3-2-4-6-21/h2-17H,1H3/b16-9+. The van der Waals surface area contributed by atoms with Crippen LogP contribution in [0.1, 0.15) is 10.4 Å². The number of rotatable bonds is 5. The first-order valence-corrected chi connectivity index (χ1v) is 9.97. The van der Waals surface area contributed by atoms with Crippen LogP contribution in [0.15, 0.2) is 95.9 Å². The van der Waals surface area contributed by atoms with Gasteiger partial charge in [-0.1, -0.05) is 54.1 Å². The Labute approximate surface area is 184 Å². The zero-order valence-electron chi connectivity index (χ0n) is 16.7. The minimum Gasteiger partial charge on any atom is -0.497 e. The van der Waals surface area contributed by atoms with E-state index in [0.29, 0.717) is 22.0 Å². The molecular weight excluding hydrogens is 412 g/mol. The van der Waals surface area contributed by atoms with Crippen molar-refractivity contribution in [2.24, 2.45) is 0 Å². The first kappa shape index (κ1) is 20.4. The predicted molar refractivity (Wildman–Crippen MR) is 123 cm³/mol. The van der Waals surface area contributed by atoms with E-state index in [0.717, 1.165) is 15.9 Å². The molecule has 0 unspecified atom stereocenters. The Morgan fingerprint density at radius 3 is 2.26 bits per heavy atom. The lowest BCUT2D eigenvalue weighted by Crippen LogP contribution is -2.27. The summed E-state index contributed by atoms with van der Waals surface area (Å²) in [5.74, 6) is 0.283. The molecule has 0 N–H and O–H groups in total. The van der Waals surface area contributed by atoms with Gasteiger partial charge in [-0.25, -0.2) is 9.36 Å². The van der Waals surface area contributed by atoms with Crippen LogP contribution in [-0.2, 0) is 0 Å². The fourth-order valence-electron chi connectivity index (χ4n) is 3.21. The molecule has 6 heteroatoms. The Morgan fingerprint density at radius 2 is 1.61 bits per heavy atom. The van der Waals surface area contributed by atoms with Crippen LogP contribution in [0.25, 0.3) is 23.0 Å². The summed E-state index contributed by atoms with van der Waals surface area (Å²) in [6.07, 6.45) is 4.72. The second-order valence-electron chi connectivity index (χ2n) is 6.79. The number of nitrogens with zero attached hydrogens (tertiary/aromatic N) is 2. The van der Waals surface area contributed by atoms with Crippen LogP contribution in [-0.4, -0.2) is 22.2 Å². The van der Waals surface area contributed by atoms with Gasteiger partial charge in [-0.2, -0.15) is 0 Å². The largest absolute Gasteiger partial charge is 0.497 e. The van der Waals surface area contributed by atoms with Crippen molar-refractivity contribution in [3.05, 3.63) is 112 Å². The number of ether oxygens (including phenoxy) is 1. The van der Waals surface area contributed by atoms with Crippen LogP contribution in [0.2, 0.25) is 5.02 Å². The Kier molecular flexibility index (Phi) is 5.87. The quantitative estimate of drug-likeness (QED) is 0.402. The Morgan fingerprint density at radius 1 is 0.935 bits per heavy atom. The molecule has 0 saturated heterocycles. The third kappa shape index (κ3) is 4.37. The summed E-state index contributed by atoms with van der Waals surface area (Å²) in [4.78, 5) is 26.3. The highest BCUT2D eigenvalue weighted by Gasteiger charge is 2.18. The smallest absolute Gasteiger partial charge is 0.340 e. The van der Waals surface area contributed by atoms with Gasteiger partial charge >= 0.3 is 5.69 Å². The van der Waals surface area contributed by atoms with Gasteiger partial charge in [0, 0.05) is 22.9 Å². The summed E-state index contributed by atoms with van der Waals surface area (Å²) in [5, 5.41) is 0.575. The second kappa shape index (κ2) is 8.90. The van der Waals surface area contributed by atoms with Crippen LogP contribution in [0.3, 0.4) is 0 Å². The van der Waals surface area contributed by atoms with Crippen molar-refractivity contribution in [3.63, 3.8) is 0 Å². The van der Waals surface area contributed by atoms with Gasteiger partial charge in [-0.15, -0.1) is 0 Å². The molecule has 154 valence electrons. The Bertz CT molecular complexity index is 1290. The van der Waals surface area contributed by atoms with Crippen LogP contribution in [0.5, 0.6) is 5.75 Å². The average Bonchev–Trinajstić information content (AvgIpc) is 3.16. The molecule has 4 rings (SSSR count). The Hall–Kier alpha value is -3.83. The molecule has 0 aliphatic carbocycles. The number of halogens is 1. The van der Waals surface area contributed by atoms with Crippen molar-refractivity contribution in [1.82, 2.24) is 9.13 Å². The average molecular weight is 431 g/mol. The van der Waals surface area contributed by atoms with E-state index in [1.807, 2.05) is 42.5 Å². The number of allylic oxidation sites excluding steroid dienone is 1. The van der Waals surface area contributed by atoms with Crippen molar-refractivity contribution in [3.8, 4) is 22.7 Å². The van der Waals surface area contributed by atoms with Crippen LogP contribution < -0.4 is 10.4 Å². The molecule has 3 aromatic carbocycles. The number of carbonyl (C=O) groups excluding carboxylic acids is 1. The van der Waals surface area contributed by atoms with Gasteiger partial charge < -0.3 is 4.74 Å². The minimum atomic E-state index is -0.444. The number of hydrogen-bond acceptors (Lipinski definition) is 3. The number of imidazole rings is 1. The summed E-state index contributed by atoms with van der Waals surface area (Å²) in [6.45, 7) is 0. The number of hydrogen-bond donors (Lipinski definition) is 0. The maximum absolute atomic E-state index is 13.2. The zero-order chi connectivity index (χ0) is 21.8. The van der Waals surface area contributed by atoms with Crippen molar-refractivity contribution < 1.29 is 9.53 Å². The fraction of sp³-hybridized carbons (Fsp3) is 0.0400. The van der Waals surface area contributed by atoms with Gasteiger partial charge in [0.05, 0.1) is 18.5 Å². The van der Waals surface area contributed by atoms with Gasteiger partial charge in [-0.3, -0.25) is 9.36 Å². The van der Waals surface area contributed by atoms with E-state index in [2.05, 4.69) is 0 Å². The van der Waals surface area contributed by atoms with E-state index >= 15 is 0 Å². The van der Waals surface area contributed by atoms with Gasteiger partial charge in [0.15, 0.2) is 0 Å². The molecule has 0 aliphatic heterocycles. The van der Waals surface area contributed by atoms with E-state index in [4.69, 9.17) is 16.3 Å². The molecule has 0 bridgehead atoms. The van der Waals surface area contributed by atoms with Crippen LogP contribution >= 0.6 is 11.6 Å². The normalized spacial score (nSPS) is 11.0. The van der Waals surface area contributed by atoms with Gasteiger partial charge in [0.25, 0.3) is 5.91 Å². The zero-order valence-corrected chi connectivity index (χ0v) is 17.5. The monoisotopic (exact) mass is 430 g/mol. The number of aromatic nitrogens is 2. The van der Waals surface area contributed by atoms with Gasteiger partial charge in [0.1, 0.15) is 5.75 Å². The van der Waals surface area contributed by atoms with Crippen molar-refractivity contribution in [2.45, 2.75) is 0 Å². The fourth-order valence-corrected chi connectivity index (χ4v) is 3.34. The van der Waals surface area contributed by atoms with Crippen LogP contribution in [0, 0.1) is 0 Å². The van der Waals surface area contributed by atoms with Gasteiger partial charge in [-0.05, 0) is 48.0 Å². The van der Waals surface area contributed by atoms with Crippen LogP contribution in [0.4, 0.5) is 0 Å². The maximum Gasteiger partial charge on any atom is 0.340 e. The van der Waals surface area contributed by atoms with E-state index in [1.165, 1.54) is 10.6 Å². The molecular formula is C25H19ClN2O3. The molecule has 31 heavy (non-hydrogen) atoms. The molecule has 1 heterocycles. The molecule has 4 aromatic rings. The molecule has 1 aromatic heterocycles. The molecule has 0 amide bonds. The van der Waals surface area contributed by atoms with E-state index in [9.17, 15) is 9.59 Å². The van der Waals surface area contributed by atoms with E-state index in [-0.39, 0.29) is 0 Å². The predicted octanol–water partition coefficient (Wildman–Crippen LogP) is 5.32. The summed E-state index contributed by atoms with van der Waals surface area (Å²) in [5.41, 5.74) is 2.24. The lowest BCUT2D eigenvalue weighted by Gasteiger charge is -2.04. The number of carbonyl (C=O) groups is 1. The maximum atomic E-state index is 13.2. The molecule has 0 saturated carbocycles. The summed E-state index contributed by atoms with van der Waals surface area (Å²) >= 11 is 6.01. The molecule has 0 aliphatic rings. The third-order valence-electron chi connectivity index (χ3n) is 4.82. The highest BCUT2D eigenvalue weighted by molar-refractivity contribution is 6.30. The molecule has 0 fully saturated rings. The molecule has 0 radical (unpaired) electrons. The molecule has 0 atom stereocenters. The summed E-state index contributed by atoms with van der Waals surface area (Å²) in [6, 6.07) is 23.5. The molecule has 0 spiro atoms. The second-order valence-corrected chi connectivity index (χ2v) is 7.23. The summed E-state index contributed by atoms with van der Waals surface area (Å²) < 4.78 is 7.77. The lowest BCUT2D eigenvalue weighted by molar-refractivity contribution is 0.0967. The van der Waals surface area contributed by atoms with Crippen molar-refractivity contribution >= 4 is 23.6 Å². The third-order valence-corrected chi connectivity index (χ3v) is 5.07. The van der Waals surface area contributed by atoms with Gasteiger partial charge in [0.2, 0.25) is 0 Å². The Balaban J connectivity index is 1.78. The number of benzene rings is 3. The minimum absolute atomic E-state index is 0.444. The van der Waals surface area contributed by atoms with Crippen molar-refractivity contribution in [2.75, 3.05) is 7.11 Å². The SMILES string of the molecule is COc1ccc(/C=C/C(=O)n2c(-c3ccc(Cl)cc3)cn(-c3ccccc3)c2=O)cc1. The van der Waals surface area contributed by atoms with E-state index < -0.39 is 11.6 Å². The number of methoxy groups -OCH3 is 1. The first-order chi connectivity index (χ1) is 15.1. The topological polar surface area (TPSA) is 53.2 Å². The number of para-hydroxylation sites is 1. The summed E-state index contributed by atoms with van der Waals surface area (Å²) in [7, 11) is 1.59. The first-order valence-electron chi connectivity index (χ1n) is 9.59. The lowest BCUT2D eigenvalue weighted by atomic mass is 10.1. The van der Waals surface area contributed by atoms with E-state index in [1.54, 1.807) is 55.8 Å². The highest BCUT2D eigenvalue weighted by Crippen LogP contribution is 2.22. The molecule has 5 nitrogen and oxygen atoms in total.